The van der Waals surface area contributed by atoms with Crippen LogP contribution in [0.2, 0.25) is 0 Å². The molecule has 0 saturated carbocycles. The Morgan fingerprint density at radius 1 is 1.25 bits per heavy atom. The van der Waals surface area contributed by atoms with Crippen molar-refractivity contribution in [1.82, 2.24) is 5.32 Å². The topological polar surface area (TPSA) is 38.3 Å². The molecular formula is C14H18Cl3NO2. The molecule has 1 N–H and O–H groups in total. The molecule has 0 aromatic heterocycles. The fraction of sp³-hybridized carbons (Fsp3) is 0.500. The van der Waals surface area contributed by atoms with E-state index in [1.807, 2.05) is 6.07 Å². The lowest BCUT2D eigenvalue weighted by Crippen LogP contribution is -2.47. The lowest BCUT2D eigenvalue weighted by molar-refractivity contribution is -0.123. The lowest BCUT2D eigenvalue weighted by Gasteiger charge is -2.26. The molecule has 1 aromatic carbocycles. The normalized spacial score (nSPS) is 12.8. The Balaban J connectivity index is 2.59. The van der Waals surface area contributed by atoms with E-state index in [9.17, 15) is 4.79 Å². The number of hydrogen-bond donors (Lipinski definition) is 1. The number of rotatable bonds is 7. The van der Waals surface area contributed by atoms with Gasteiger partial charge in [-0.1, -0.05) is 72.8 Å². The summed E-state index contributed by atoms with van der Waals surface area (Å²) in [5.41, 5.74) is 0. The highest BCUT2D eigenvalue weighted by atomic mass is 35.6. The van der Waals surface area contributed by atoms with E-state index in [1.165, 1.54) is 0 Å². The first-order chi connectivity index (χ1) is 9.43. The molecule has 1 amide bonds. The third-order valence-electron chi connectivity index (χ3n) is 2.59. The quantitative estimate of drug-likeness (QED) is 0.453. The van der Waals surface area contributed by atoms with Crippen LogP contribution in [0.3, 0.4) is 0 Å². The summed E-state index contributed by atoms with van der Waals surface area (Å²) in [4.78, 5) is 11.8. The van der Waals surface area contributed by atoms with Gasteiger partial charge in [0.05, 0.1) is 0 Å². The van der Waals surface area contributed by atoms with Crippen molar-refractivity contribution >= 4 is 40.7 Å². The Labute approximate surface area is 134 Å². The summed E-state index contributed by atoms with van der Waals surface area (Å²) < 4.78 is 3.79. The van der Waals surface area contributed by atoms with E-state index in [-0.39, 0.29) is 5.91 Å². The van der Waals surface area contributed by atoms with Gasteiger partial charge in [0.15, 0.2) is 0 Å². The number of halogens is 3. The molecule has 0 bridgehead atoms. The van der Waals surface area contributed by atoms with Gasteiger partial charge in [0.2, 0.25) is 15.9 Å². The second-order valence-corrected chi connectivity index (χ2v) is 6.75. The fourth-order valence-electron chi connectivity index (χ4n) is 1.57. The fourth-order valence-corrected chi connectivity index (χ4v) is 1.86. The Bertz CT molecular complexity index is 407. The van der Waals surface area contributed by atoms with Gasteiger partial charge in [-0.25, -0.2) is 0 Å². The first kappa shape index (κ1) is 17.4. The Kier molecular flexibility index (Phi) is 7.49. The largest absolute Gasteiger partial charge is 0.466 e. The van der Waals surface area contributed by atoms with Crippen LogP contribution in [0.1, 0.15) is 32.6 Å². The molecule has 0 fully saturated rings. The molecule has 0 radical (unpaired) electrons. The number of hydrogen-bond acceptors (Lipinski definition) is 2. The molecule has 112 valence electrons. The molecule has 0 saturated heterocycles. The van der Waals surface area contributed by atoms with Gasteiger partial charge in [0, 0.05) is 6.42 Å². The summed E-state index contributed by atoms with van der Waals surface area (Å²) in [5, 5.41) is 2.61. The average Bonchev–Trinajstić information content (AvgIpc) is 2.38. The van der Waals surface area contributed by atoms with Gasteiger partial charge in [-0.3, -0.25) is 4.79 Å². The molecule has 0 aliphatic heterocycles. The number of amides is 1. The predicted molar refractivity (Wildman–Crippen MR) is 83.4 cm³/mol. The molecule has 20 heavy (non-hydrogen) atoms. The van der Waals surface area contributed by atoms with Gasteiger partial charge in [0.1, 0.15) is 5.75 Å². The molecule has 1 atom stereocenters. The van der Waals surface area contributed by atoms with Crippen LogP contribution < -0.4 is 10.1 Å². The number of para-hydroxylation sites is 1. The van der Waals surface area contributed by atoms with Gasteiger partial charge in [-0.15, -0.1) is 0 Å². The van der Waals surface area contributed by atoms with Crippen molar-refractivity contribution < 1.29 is 9.53 Å². The monoisotopic (exact) mass is 337 g/mol. The number of carbonyl (C=O) groups excluding carboxylic acids is 1. The summed E-state index contributed by atoms with van der Waals surface area (Å²) in [7, 11) is 0. The van der Waals surface area contributed by atoms with Crippen molar-refractivity contribution in [3.63, 3.8) is 0 Å². The summed E-state index contributed by atoms with van der Waals surface area (Å²) >= 11 is 17.5. The number of ether oxygens (including phenoxy) is 1. The number of unbranched alkanes of at least 4 members (excludes halogenated alkanes) is 2. The Hall–Kier alpha value is -0.640. The zero-order valence-electron chi connectivity index (χ0n) is 11.2. The van der Waals surface area contributed by atoms with Crippen LogP contribution in [-0.2, 0) is 4.79 Å². The van der Waals surface area contributed by atoms with Crippen molar-refractivity contribution in [2.75, 3.05) is 0 Å². The van der Waals surface area contributed by atoms with Crippen LogP contribution in [0, 0.1) is 0 Å². The molecule has 0 spiro atoms. The third kappa shape index (κ3) is 6.69. The van der Waals surface area contributed by atoms with E-state index >= 15 is 0 Å². The highest BCUT2D eigenvalue weighted by molar-refractivity contribution is 6.68. The van der Waals surface area contributed by atoms with Gasteiger partial charge in [-0.2, -0.15) is 0 Å². The van der Waals surface area contributed by atoms with Crippen LogP contribution in [-0.4, -0.2) is 15.9 Å². The van der Waals surface area contributed by atoms with Gasteiger partial charge >= 0.3 is 0 Å². The van der Waals surface area contributed by atoms with E-state index in [2.05, 4.69) is 12.2 Å². The molecule has 1 unspecified atom stereocenters. The van der Waals surface area contributed by atoms with Crippen molar-refractivity contribution in [2.45, 2.75) is 42.6 Å². The van der Waals surface area contributed by atoms with E-state index in [0.29, 0.717) is 12.2 Å². The van der Waals surface area contributed by atoms with Crippen molar-refractivity contribution in [3.05, 3.63) is 30.3 Å². The van der Waals surface area contributed by atoms with Crippen molar-refractivity contribution in [3.8, 4) is 5.75 Å². The Morgan fingerprint density at radius 3 is 2.45 bits per heavy atom. The Morgan fingerprint density at radius 2 is 1.90 bits per heavy atom. The average molecular weight is 339 g/mol. The van der Waals surface area contributed by atoms with Crippen molar-refractivity contribution in [2.24, 2.45) is 0 Å². The number of alkyl halides is 3. The van der Waals surface area contributed by atoms with Gasteiger partial charge in [-0.05, 0) is 18.6 Å². The molecule has 6 heteroatoms. The number of nitrogens with one attached hydrogen (secondary N) is 1. The summed E-state index contributed by atoms with van der Waals surface area (Å²) in [6.07, 6.45) is 2.21. The molecule has 0 heterocycles. The van der Waals surface area contributed by atoms with E-state index in [1.54, 1.807) is 24.3 Å². The molecule has 0 aliphatic rings. The summed E-state index contributed by atoms with van der Waals surface area (Å²) in [6.45, 7) is 2.07. The van der Waals surface area contributed by atoms with Crippen LogP contribution in [0.5, 0.6) is 5.75 Å². The maximum absolute atomic E-state index is 11.8. The van der Waals surface area contributed by atoms with E-state index in [4.69, 9.17) is 39.5 Å². The second kappa shape index (κ2) is 8.60. The van der Waals surface area contributed by atoms with Crippen molar-refractivity contribution in [1.29, 1.82) is 0 Å². The van der Waals surface area contributed by atoms with Gasteiger partial charge in [0.25, 0.3) is 0 Å². The zero-order valence-corrected chi connectivity index (χ0v) is 13.5. The molecular weight excluding hydrogens is 321 g/mol. The van der Waals surface area contributed by atoms with Crippen LogP contribution >= 0.6 is 34.8 Å². The predicted octanol–water partition coefficient (Wildman–Crippen LogP) is 4.46. The molecule has 1 rings (SSSR count). The maximum atomic E-state index is 11.8. The second-order valence-electron chi connectivity index (χ2n) is 4.38. The maximum Gasteiger partial charge on any atom is 0.246 e. The first-order valence-corrected chi connectivity index (χ1v) is 7.64. The summed E-state index contributed by atoms with van der Waals surface area (Å²) in [6, 6.07) is 8.90. The summed E-state index contributed by atoms with van der Waals surface area (Å²) in [5.74, 6) is 0.336. The van der Waals surface area contributed by atoms with E-state index < -0.39 is 10.0 Å². The van der Waals surface area contributed by atoms with Crippen LogP contribution in [0.15, 0.2) is 30.3 Å². The smallest absolute Gasteiger partial charge is 0.246 e. The third-order valence-corrected chi connectivity index (χ3v) is 3.19. The molecule has 3 nitrogen and oxygen atoms in total. The SMILES string of the molecule is CCCCCC(=O)NC(Oc1ccccc1)C(Cl)(Cl)Cl. The minimum absolute atomic E-state index is 0.189. The highest BCUT2D eigenvalue weighted by Crippen LogP contribution is 2.32. The minimum Gasteiger partial charge on any atom is -0.466 e. The minimum atomic E-state index is -1.74. The molecule has 1 aromatic rings. The van der Waals surface area contributed by atoms with E-state index in [0.717, 1.165) is 19.3 Å². The first-order valence-electron chi connectivity index (χ1n) is 6.51. The zero-order chi connectivity index (χ0) is 15.0. The van der Waals surface area contributed by atoms with Gasteiger partial charge < -0.3 is 10.1 Å². The molecule has 0 aliphatic carbocycles. The number of benzene rings is 1. The van der Waals surface area contributed by atoms with Crippen LogP contribution in [0.25, 0.3) is 0 Å². The number of carbonyl (C=O) groups is 1. The van der Waals surface area contributed by atoms with Crippen LogP contribution in [0.4, 0.5) is 0 Å². The standard InChI is InChI=1S/C14H18Cl3NO2/c1-2-3-5-10-12(19)18-13(14(15,16)17)20-11-8-6-4-7-9-11/h4,6-9,13H,2-3,5,10H2,1H3,(H,18,19). The highest BCUT2D eigenvalue weighted by Gasteiger charge is 2.36. The lowest BCUT2D eigenvalue weighted by atomic mass is 10.2.